The first-order chi connectivity index (χ1) is 26.1. The van der Waals surface area contributed by atoms with E-state index in [4.69, 9.17) is 24.8 Å². The molecule has 0 fully saturated rings. The Morgan fingerprint density at radius 2 is 1.02 bits per heavy atom. The quantitative estimate of drug-likeness (QED) is 0.0251. The van der Waals surface area contributed by atoms with E-state index in [2.05, 4.69) is 103 Å². The standard InChI is InChI=1S/C42H64NO10P/c1-3-5-7-9-11-13-15-17-19-21-23-25-27-29-31-33-40(44)50-35-38(36-51-54(48,49)52-37-39(43)42(46)47)53-41(45)34-32-30-28-26-24-22-20-18-16-14-12-10-8-6-4-2/h5-8,11-14,17-20,23-26,30,32,38-39H,3-4,9-10,15-16,21-22,27-29,31,33-37,43H2,1-2H3,(H,46,47)(H,48,49)/b7-5-,8-6-,13-11-,14-12-,19-17-,20-18-,25-23-,26-24-,32-30-. The number of phosphoric ester groups is 1. The van der Waals surface area contributed by atoms with Crippen LogP contribution in [0.15, 0.2) is 109 Å². The van der Waals surface area contributed by atoms with Gasteiger partial charge < -0.3 is 25.2 Å². The molecule has 0 heterocycles. The summed E-state index contributed by atoms with van der Waals surface area (Å²) in [5.74, 6) is -2.61. The van der Waals surface area contributed by atoms with Crippen molar-refractivity contribution in [3.8, 4) is 0 Å². The van der Waals surface area contributed by atoms with Crippen LogP contribution in [-0.2, 0) is 37.5 Å². The number of carboxylic acid groups (broad SMARTS) is 1. The Morgan fingerprint density at radius 3 is 1.48 bits per heavy atom. The molecule has 11 nitrogen and oxygen atoms in total. The Bertz CT molecular complexity index is 1330. The third-order valence-corrected chi connectivity index (χ3v) is 8.00. The summed E-state index contributed by atoms with van der Waals surface area (Å²) in [5.41, 5.74) is 5.30. The van der Waals surface area contributed by atoms with Gasteiger partial charge >= 0.3 is 25.7 Å². The van der Waals surface area contributed by atoms with Gasteiger partial charge in [-0.15, -0.1) is 0 Å². The highest BCUT2D eigenvalue weighted by Gasteiger charge is 2.28. The average Bonchev–Trinajstić information content (AvgIpc) is 3.14. The minimum Gasteiger partial charge on any atom is -0.480 e. The molecule has 0 radical (unpaired) electrons. The Hall–Kier alpha value is -3.86. The number of phosphoric acid groups is 1. The van der Waals surface area contributed by atoms with Gasteiger partial charge in [0.1, 0.15) is 12.6 Å². The lowest BCUT2D eigenvalue weighted by atomic mass is 10.2. The Kier molecular flexibility index (Phi) is 33.6. The van der Waals surface area contributed by atoms with Gasteiger partial charge in [-0.2, -0.15) is 0 Å². The summed E-state index contributed by atoms with van der Waals surface area (Å²) in [4.78, 5) is 45.7. The predicted molar refractivity (Wildman–Crippen MR) is 216 cm³/mol. The van der Waals surface area contributed by atoms with Crippen molar-refractivity contribution in [1.82, 2.24) is 0 Å². The Balaban J connectivity index is 4.69. The summed E-state index contributed by atoms with van der Waals surface area (Å²) in [6.45, 7) is 2.38. The molecule has 0 saturated carbocycles. The van der Waals surface area contributed by atoms with Crippen LogP contribution < -0.4 is 5.73 Å². The van der Waals surface area contributed by atoms with Gasteiger partial charge in [-0.05, 0) is 77.0 Å². The number of hydrogen-bond donors (Lipinski definition) is 3. The largest absolute Gasteiger partial charge is 0.480 e. The smallest absolute Gasteiger partial charge is 0.472 e. The van der Waals surface area contributed by atoms with Crippen LogP contribution in [0.1, 0.15) is 104 Å². The monoisotopic (exact) mass is 773 g/mol. The van der Waals surface area contributed by atoms with Crippen LogP contribution in [0.3, 0.4) is 0 Å². The van der Waals surface area contributed by atoms with Gasteiger partial charge in [-0.3, -0.25) is 23.4 Å². The lowest BCUT2D eigenvalue weighted by molar-refractivity contribution is -0.160. The van der Waals surface area contributed by atoms with Crippen molar-refractivity contribution in [2.75, 3.05) is 19.8 Å². The van der Waals surface area contributed by atoms with Crippen LogP contribution in [0, 0.1) is 0 Å². The summed E-state index contributed by atoms with van der Waals surface area (Å²) in [6, 6.07) is -1.55. The van der Waals surface area contributed by atoms with Crippen molar-refractivity contribution in [2.24, 2.45) is 5.73 Å². The topological polar surface area (TPSA) is 172 Å². The number of hydrogen-bond acceptors (Lipinski definition) is 9. The first-order valence-electron chi connectivity index (χ1n) is 18.9. The van der Waals surface area contributed by atoms with Gasteiger partial charge in [0.25, 0.3) is 0 Å². The Labute approximate surface area is 323 Å². The minimum absolute atomic E-state index is 0.0873. The minimum atomic E-state index is -4.75. The summed E-state index contributed by atoms with van der Waals surface area (Å²) < 4.78 is 32.4. The molecular weight excluding hydrogens is 709 g/mol. The predicted octanol–water partition coefficient (Wildman–Crippen LogP) is 9.49. The third kappa shape index (κ3) is 35.2. The molecule has 4 N–H and O–H groups in total. The fourth-order valence-electron chi connectivity index (χ4n) is 4.13. The highest BCUT2D eigenvalue weighted by atomic mass is 31.2. The van der Waals surface area contributed by atoms with Gasteiger partial charge in [-0.1, -0.05) is 123 Å². The molecule has 3 unspecified atom stereocenters. The Morgan fingerprint density at radius 1 is 0.593 bits per heavy atom. The molecule has 0 aromatic rings. The van der Waals surface area contributed by atoms with E-state index in [1.165, 1.54) is 0 Å². The van der Waals surface area contributed by atoms with E-state index < -0.39 is 57.7 Å². The molecule has 0 rings (SSSR count). The van der Waals surface area contributed by atoms with Gasteiger partial charge in [0.2, 0.25) is 0 Å². The van der Waals surface area contributed by atoms with Crippen LogP contribution in [0.2, 0.25) is 0 Å². The zero-order valence-electron chi connectivity index (χ0n) is 32.3. The van der Waals surface area contributed by atoms with Crippen LogP contribution in [0.25, 0.3) is 0 Å². The molecule has 12 heteroatoms. The fraction of sp³-hybridized carbons (Fsp3) is 0.500. The van der Waals surface area contributed by atoms with Gasteiger partial charge in [0.15, 0.2) is 6.10 Å². The second kappa shape index (κ2) is 36.1. The molecule has 302 valence electrons. The van der Waals surface area contributed by atoms with Gasteiger partial charge in [0.05, 0.1) is 19.6 Å². The molecule has 3 atom stereocenters. The number of unbranched alkanes of at least 4 members (excludes halogenated alkanes) is 2. The third-order valence-electron chi connectivity index (χ3n) is 7.05. The average molecular weight is 774 g/mol. The molecule has 0 aromatic carbocycles. The second-order valence-corrected chi connectivity index (χ2v) is 13.4. The second-order valence-electron chi connectivity index (χ2n) is 12.0. The molecule has 0 bridgehead atoms. The summed E-state index contributed by atoms with van der Waals surface area (Å²) in [6.07, 6.45) is 46.3. The molecule has 0 saturated heterocycles. The lowest BCUT2D eigenvalue weighted by Crippen LogP contribution is -2.34. The maximum Gasteiger partial charge on any atom is 0.472 e. The molecule has 0 aliphatic rings. The SMILES string of the molecule is CC/C=C\C/C=C\C/C=C\C/C=C\C/C=C\CC(=O)OC(COC(=O)CCCC/C=C\C/C=C\C/C=C\C/C=C\CC)COP(=O)(O)OCC(N)C(=O)O. The molecule has 0 aromatic heterocycles. The molecule has 54 heavy (non-hydrogen) atoms. The van der Waals surface area contributed by atoms with Crippen LogP contribution in [0.5, 0.6) is 0 Å². The number of ether oxygens (including phenoxy) is 2. The number of allylic oxidation sites excluding steroid dienone is 17. The van der Waals surface area contributed by atoms with E-state index in [1.54, 1.807) is 12.2 Å². The first-order valence-corrected chi connectivity index (χ1v) is 20.4. The fourth-order valence-corrected chi connectivity index (χ4v) is 4.91. The van der Waals surface area contributed by atoms with E-state index in [0.717, 1.165) is 64.2 Å². The normalized spacial score (nSPS) is 15.0. The van der Waals surface area contributed by atoms with E-state index >= 15 is 0 Å². The van der Waals surface area contributed by atoms with Crippen molar-refractivity contribution in [3.05, 3.63) is 109 Å². The van der Waals surface area contributed by atoms with Crippen molar-refractivity contribution in [2.45, 2.75) is 116 Å². The maximum absolute atomic E-state index is 12.5. The summed E-state index contributed by atoms with van der Waals surface area (Å²) in [7, 11) is -4.75. The first kappa shape index (κ1) is 50.1. The van der Waals surface area contributed by atoms with E-state index in [-0.39, 0.29) is 12.8 Å². The van der Waals surface area contributed by atoms with Crippen molar-refractivity contribution >= 4 is 25.7 Å². The van der Waals surface area contributed by atoms with E-state index in [9.17, 15) is 23.8 Å². The van der Waals surface area contributed by atoms with Crippen molar-refractivity contribution in [1.29, 1.82) is 0 Å². The summed E-state index contributed by atoms with van der Waals surface area (Å²) in [5, 5.41) is 8.86. The zero-order valence-corrected chi connectivity index (χ0v) is 33.1. The highest BCUT2D eigenvalue weighted by molar-refractivity contribution is 7.47. The van der Waals surface area contributed by atoms with Crippen molar-refractivity contribution < 1.29 is 47.5 Å². The summed E-state index contributed by atoms with van der Waals surface area (Å²) >= 11 is 0. The van der Waals surface area contributed by atoms with Crippen LogP contribution >= 0.6 is 7.82 Å². The number of carbonyl (C=O) groups excluding carboxylic acids is 2. The van der Waals surface area contributed by atoms with E-state index in [1.807, 2.05) is 12.2 Å². The van der Waals surface area contributed by atoms with Crippen molar-refractivity contribution in [3.63, 3.8) is 0 Å². The molecule has 0 aliphatic heterocycles. The lowest BCUT2D eigenvalue weighted by Gasteiger charge is -2.20. The maximum atomic E-state index is 12.5. The molecule has 0 spiro atoms. The number of esters is 2. The van der Waals surface area contributed by atoms with Crippen LogP contribution in [-0.4, -0.2) is 59.9 Å². The molecule has 0 aliphatic carbocycles. The van der Waals surface area contributed by atoms with E-state index in [0.29, 0.717) is 12.8 Å². The van der Waals surface area contributed by atoms with Crippen LogP contribution in [0.4, 0.5) is 0 Å². The number of aliphatic carboxylic acids is 1. The zero-order chi connectivity index (χ0) is 40.0. The number of carbonyl (C=O) groups is 3. The molecular formula is C42H64NO10P. The van der Waals surface area contributed by atoms with Gasteiger partial charge in [0, 0.05) is 6.42 Å². The molecule has 0 amide bonds. The number of nitrogens with two attached hydrogens (primary N) is 1. The highest BCUT2D eigenvalue weighted by Crippen LogP contribution is 2.43. The van der Waals surface area contributed by atoms with Gasteiger partial charge in [-0.25, -0.2) is 4.57 Å². The number of rotatable bonds is 33. The number of carboxylic acids is 1.